The van der Waals surface area contributed by atoms with Crippen molar-refractivity contribution in [3.63, 3.8) is 0 Å². The molecule has 0 bridgehead atoms. The first kappa shape index (κ1) is 15.7. The minimum Gasteiger partial charge on any atom is -0.469 e. The van der Waals surface area contributed by atoms with E-state index in [2.05, 4.69) is 4.74 Å². The number of halogens is 2. The van der Waals surface area contributed by atoms with Crippen LogP contribution in [0.5, 0.6) is 0 Å². The van der Waals surface area contributed by atoms with E-state index in [0.29, 0.717) is 0 Å². The topological polar surface area (TPSA) is 93.2 Å². The molecule has 0 aliphatic rings. The average Bonchev–Trinajstić information content (AvgIpc) is 2.43. The second-order valence-corrected chi connectivity index (χ2v) is 4.05. The number of hydrogen-bond acceptors (Lipinski definition) is 5. The Morgan fingerprint density at radius 1 is 1.40 bits per heavy atom. The number of carbonyl (C=O) groups excluding carboxylic acids is 2. The fraction of sp³-hybridized carbons (Fsp3) is 0.308. The van der Waals surface area contributed by atoms with Crippen LogP contribution in [0.25, 0.3) is 0 Å². The van der Waals surface area contributed by atoms with E-state index in [1.165, 1.54) is 0 Å². The molecule has 0 amide bonds. The van der Waals surface area contributed by atoms with Gasteiger partial charge in [-0.1, -0.05) is 6.92 Å². The zero-order valence-corrected chi connectivity index (χ0v) is 11.0. The highest BCUT2D eigenvalue weighted by molar-refractivity contribution is 6.48. The third-order valence-corrected chi connectivity index (χ3v) is 2.84. The molecule has 5 nitrogen and oxygen atoms in total. The summed E-state index contributed by atoms with van der Waals surface area (Å²) in [6.07, 6.45) is 0.100. The lowest BCUT2D eigenvalue weighted by molar-refractivity contribution is -0.143. The third kappa shape index (κ3) is 2.81. The Bertz CT molecular complexity index is 573. The van der Waals surface area contributed by atoms with Gasteiger partial charge in [0, 0.05) is 0 Å². The van der Waals surface area contributed by atoms with Crippen molar-refractivity contribution < 1.29 is 23.1 Å². The van der Waals surface area contributed by atoms with Crippen LogP contribution in [-0.4, -0.2) is 24.6 Å². The van der Waals surface area contributed by atoms with Gasteiger partial charge in [0.2, 0.25) is 5.78 Å². The summed E-state index contributed by atoms with van der Waals surface area (Å²) in [5, 5.41) is 7.66. The molecule has 0 saturated carbocycles. The molecule has 7 heteroatoms. The van der Waals surface area contributed by atoms with E-state index >= 15 is 0 Å². The quantitative estimate of drug-likeness (QED) is 0.374. The van der Waals surface area contributed by atoms with Crippen molar-refractivity contribution in [2.24, 2.45) is 5.92 Å². The maximum Gasteiger partial charge on any atom is 0.314 e. The summed E-state index contributed by atoms with van der Waals surface area (Å²) in [4.78, 5) is 23.4. The first-order valence-corrected chi connectivity index (χ1v) is 5.79. The van der Waals surface area contributed by atoms with E-state index < -0.39 is 46.3 Å². The molecule has 1 rings (SSSR count). The monoisotopic (exact) mass is 284 g/mol. The van der Waals surface area contributed by atoms with Gasteiger partial charge in [-0.15, -0.1) is 0 Å². The van der Waals surface area contributed by atoms with Crippen LogP contribution >= 0.6 is 0 Å². The number of hydrogen-bond donors (Lipinski definition) is 2. The fourth-order valence-corrected chi connectivity index (χ4v) is 1.70. The SMILES string of the molecule is CC[C@@H](C(=N)C(=O)c1c(F)ccc(N)c1F)C(=O)OC. The van der Waals surface area contributed by atoms with Gasteiger partial charge in [-0.3, -0.25) is 9.59 Å². The van der Waals surface area contributed by atoms with Crippen LogP contribution in [0.1, 0.15) is 23.7 Å². The zero-order chi connectivity index (χ0) is 15.4. The number of rotatable bonds is 5. The molecule has 0 saturated heterocycles. The van der Waals surface area contributed by atoms with Crippen molar-refractivity contribution in [2.45, 2.75) is 13.3 Å². The van der Waals surface area contributed by atoms with Gasteiger partial charge in [0.1, 0.15) is 11.7 Å². The number of benzene rings is 1. The Hall–Kier alpha value is -2.31. The predicted octanol–water partition coefficient (Wildman–Crippen LogP) is 1.95. The molecule has 0 fully saturated rings. The number of nitrogen functional groups attached to an aromatic ring is 1. The molecule has 1 atom stereocenters. The van der Waals surface area contributed by atoms with Crippen LogP contribution in [0.4, 0.5) is 14.5 Å². The molecule has 108 valence electrons. The molecular weight excluding hydrogens is 270 g/mol. The van der Waals surface area contributed by atoms with Gasteiger partial charge in [-0.2, -0.15) is 0 Å². The molecule has 3 N–H and O–H groups in total. The molecule has 1 aromatic rings. The lowest BCUT2D eigenvalue weighted by Gasteiger charge is -2.14. The van der Waals surface area contributed by atoms with E-state index in [1.807, 2.05) is 0 Å². The molecule has 1 aromatic carbocycles. The van der Waals surface area contributed by atoms with Gasteiger partial charge in [0.15, 0.2) is 5.82 Å². The maximum absolute atomic E-state index is 13.7. The van der Waals surface area contributed by atoms with E-state index in [-0.39, 0.29) is 6.42 Å². The number of ether oxygens (including phenoxy) is 1. The number of anilines is 1. The number of ketones is 1. The van der Waals surface area contributed by atoms with E-state index in [1.54, 1.807) is 6.92 Å². The van der Waals surface area contributed by atoms with Crippen LogP contribution in [0, 0.1) is 23.0 Å². The standard InChI is InChI=1S/C13H14F2N2O3/c1-3-6(13(19)20-2)11(17)12(18)9-7(14)4-5-8(16)10(9)15/h4-6,17H,3,16H2,1-2H3/t6-/m0/s1. The van der Waals surface area contributed by atoms with Crippen molar-refractivity contribution in [1.29, 1.82) is 5.41 Å². The van der Waals surface area contributed by atoms with Crippen LogP contribution < -0.4 is 5.73 Å². The van der Waals surface area contributed by atoms with Crippen LogP contribution in [0.3, 0.4) is 0 Å². The van der Waals surface area contributed by atoms with Gasteiger partial charge >= 0.3 is 5.97 Å². The number of nitrogens with two attached hydrogens (primary N) is 1. The predicted molar refractivity (Wildman–Crippen MR) is 68.6 cm³/mol. The van der Waals surface area contributed by atoms with Gasteiger partial charge in [0.25, 0.3) is 0 Å². The number of esters is 1. The second kappa shape index (κ2) is 6.23. The summed E-state index contributed by atoms with van der Waals surface area (Å²) in [7, 11) is 1.10. The molecule has 0 heterocycles. The van der Waals surface area contributed by atoms with Crippen molar-refractivity contribution >= 4 is 23.2 Å². The summed E-state index contributed by atoms with van der Waals surface area (Å²) in [5.74, 6) is -5.57. The largest absolute Gasteiger partial charge is 0.469 e. The minimum atomic E-state index is -1.24. The average molecular weight is 284 g/mol. The summed E-state index contributed by atoms with van der Waals surface area (Å²) >= 11 is 0. The number of nitrogens with one attached hydrogen (secondary N) is 1. The van der Waals surface area contributed by atoms with Crippen molar-refractivity contribution in [1.82, 2.24) is 0 Å². The Morgan fingerprint density at radius 3 is 2.50 bits per heavy atom. The third-order valence-electron chi connectivity index (χ3n) is 2.84. The summed E-state index contributed by atoms with van der Waals surface area (Å²) in [6, 6.07) is 1.81. The van der Waals surface area contributed by atoms with E-state index in [4.69, 9.17) is 11.1 Å². The van der Waals surface area contributed by atoms with E-state index in [9.17, 15) is 18.4 Å². The molecular formula is C13H14F2N2O3. The molecule has 0 unspecified atom stereocenters. The normalized spacial score (nSPS) is 11.8. The first-order valence-electron chi connectivity index (χ1n) is 5.79. The Balaban J connectivity index is 3.22. The molecule has 0 spiro atoms. The highest BCUT2D eigenvalue weighted by Gasteiger charge is 2.31. The lowest BCUT2D eigenvalue weighted by atomic mass is 9.93. The molecule has 0 aliphatic carbocycles. The van der Waals surface area contributed by atoms with E-state index in [0.717, 1.165) is 19.2 Å². The highest BCUT2D eigenvalue weighted by atomic mass is 19.1. The van der Waals surface area contributed by atoms with Crippen molar-refractivity contribution in [3.8, 4) is 0 Å². The Labute approximate surface area is 114 Å². The maximum atomic E-state index is 13.7. The smallest absolute Gasteiger partial charge is 0.314 e. The van der Waals surface area contributed by atoms with Crippen molar-refractivity contribution in [2.75, 3.05) is 12.8 Å². The molecule has 0 radical (unpaired) electrons. The summed E-state index contributed by atoms with van der Waals surface area (Å²) in [5.41, 5.74) is 3.19. The highest BCUT2D eigenvalue weighted by Crippen LogP contribution is 2.21. The minimum absolute atomic E-state index is 0.100. The van der Waals surface area contributed by atoms with Crippen LogP contribution in [0.2, 0.25) is 0 Å². The lowest BCUT2D eigenvalue weighted by Crippen LogP contribution is -2.31. The fourth-order valence-electron chi connectivity index (χ4n) is 1.70. The Morgan fingerprint density at radius 2 is 2.00 bits per heavy atom. The molecule has 0 aliphatic heterocycles. The zero-order valence-electron chi connectivity index (χ0n) is 11.0. The summed E-state index contributed by atoms with van der Waals surface area (Å²) in [6.45, 7) is 1.55. The Kier molecular flexibility index (Phi) is 4.90. The van der Waals surface area contributed by atoms with Crippen LogP contribution in [0.15, 0.2) is 12.1 Å². The number of Topliss-reactive ketones (excluding diaryl/α,β-unsaturated/α-hetero) is 1. The van der Waals surface area contributed by atoms with Gasteiger partial charge in [0.05, 0.1) is 24.1 Å². The van der Waals surface area contributed by atoms with Crippen molar-refractivity contribution in [3.05, 3.63) is 29.3 Å². The van der Waals surface area contributed by atoms with Gasteiger partial charge in [-0.05, 0) is 18.6 Å². The second-order valence-electron chi connectivity index (χ2n) is 4.05. The summed E-state index contributed by atoms with van der Waals surface area (Å²) < 4.78 is 31.7. The molecule has 20 heavy (non-hydrogen) atoms. The van der Waals surface area contributed by atoms with Gasteiger partial charge < -0.3 is 15.9 Å². The number of carbonyl (C=O) groups is 2. The number of methoxy groups -OCH3 is 1. The van der Waals surface area contributed by atoms with Gasteiger partial charge in [-0.25, -0.2) is 8.78 Å². The first-order chi connectivity index (χ1) is 9.34. The van der Waals surface area contributed by atoms with Crippen LogP contribution in [-0.2, 0) is 9.53 Å². The molecule has 0 aromatic heterocycles.